The van der Waals surface area contributed by atoms with Gasteiger partial charge < -0.3 is 5.11 Å². The third-order valence-electron chi connectivity index (χ3n) is 4.37. The molecule has 1 heterocycles. The fraction of sp³-hybridized carbons (Fsp3) is 0.400. The van der Waals surface area contributed by atoms with Crippen molar-refractivity contribution in [3.8, 4) is 16.9 Å². The van der Waals surface area contributed by atoms with Crippen LogP contribution in [0.15, 0.2) is 36.4 Å². The highest BCUT2D eigenvalue weighted by Crippen LogP contribution is 2.44. The third-order valence-corrected chi connectivity index (χ3v) is 4.37. The van der Waals surface area contributed by atoms with Crippen molar-refractivity contribution in [1.29, 1.82) is 0 Å². The van der Waals surface area contributed by atoms with Gasteiger partial charge >= 0.3 is 0 Å². The second-order valence-corrected chi connectivity index (χ2v) is 8.32. The summed E-state index contributed by atoms with van der Waals surface area (Å²) in [5.74, 6) is 0.335. The van der Waals surface area contributed by atoms with Gasteiger partial charge in [-0.05, 0) is 23.3 Å². The molecule has 0 aliphatic rings. The first-order valence-corrected chi connectivity index (χ1v) is 8.31. The molecule has 0 amide bonds. The zero-order valence-corrected chi connectivity index (χ0v) is 15.0. The molecule has 4 nitrogen and oxygen atoms in total. The van der Waals surface area contributed by atoms with E-state index in [-0.39, 0.29) is 10.8 Å². The Morgan fingerprint density at radius 1 is 0.917 bits per heavy atom. The van der Waals surface area contributed by atoms with Gasteiger partial charge in [0.1, 0.15) is 16.8 Å². The predicted molar refractivity (Wildman–Crippen MR) is 98.1 cm³/mol. The normalized spacial score (nSPS) is 12.7. The lowest BCUT2D eigenvalue weighted by atomic mass is 9.71. The predicted octanol–water partition coefficient (Wildman–Crippen LogP) is 5.04. The van der Waals surface area contributed by atoms with Crippen molar-refractivity contribution >= 4 is 11.0 Å². The molecule has 3 rings (SSSR count). The second-order valence-electron chi connectivity index (χ2n) is 8.32. The Morgan fingerprint density at radius 2 is 1.58 bits per heavy atom. The molecule has 0 radical (unpaired) electrons. The number of aromatic hydroxyl groups is 1. The van der Waals surface area contributed by atoms with Crippen LogP contribution in [0.25, 0.3) is 22.2 Å². The van der Waals surface area contributed by atoms with Gasteiger partial charge in [-0.15, -0.1) is 0 Å². The first-order valence-electron chi connectivity index (χ1n) is 8.31. The lowest BCUT2D eigenvalue weighted by Gasteiger charge is -2.33. The van der Waals surface area contributed by atoms with Crippen LogP contribution in [0.1, 0.15) is 46.6 Å². The van der Waals surface area contributed by atoms with E-state index in [0.717, 1.165) is 34.1 Å². The number of para-hydroxylation sites is 2. The standard InChI is InChI=1S/C20H25N3O/c1-19(2,3)12-20(4,5)15-10-6-9-14(18(15)24)13-8-7-11-16-17(13)22-23-21-16/h6-11,24H,12H2,1-5H3,(H,21,22,23). The molecular formula is C20H25N3O. The van der Waals surface area contributed by atoms with Gasteiger partial charge in [0.15, 0.2) is 0 Å². The van der Waals surface area contributed by atoms with Crippen LogP contribution < -0.4 is 0 Å². The molecular weight excluding hydrogens is 298 g/mol. The van der Waals surface area contributed by atoms with E-state index in [1.807, 2.05) is 36.4 Å². The van der Waals surface area contributed by atoms with E-state index < -0.39 is 0 Å². The lowest BCUT2D eigenvalue weighted by molar-refractivity contribution is 0.279. The Morgan fingerprint density at radius 3 is 2.29 bits per heavy atom. The summed E-state index contributed by atoms with van der Waals surface area (Å²) >= 11 is 0. The smallest absolute Gasteiger partial charge is 0.127 e. The summed E-state index contributed by atoms with van der Waals surface area (Å²) in [6.07, 6.45) is 0.977. The number of phenols is 1. The van der Waals surface area contributed by atoms with Crippen LogP contribution in [0.5, 0.6) is 5.75 Å². The number of phenolic OH excluding ortho intramolecular Hbond substituents is 1. The Kier molecular flexibility index (Phi) is 3.86. The van der Waals surface area contributed by atoms with Gasteiger partial charge in [0.2, 0.25) is 0 Å². The van der Waals surface area contributed by atoms with Crippen molar-refractivity contribution in [2.24, 2.45) is 5.41 Å². The van der Waals surface area contributed by atoms with E-state index in [0.29, 0.717) is 5.75 Å². The van der Waals surface area contributed by atoms with Crippen molar-refractivity contribution in [2.75, 3.05) is 0 Å². The SMILES string of the molecule is CC(C)(C)CC(C)(C)c1cccc(-c2cccc3n[nH]nc23)c1O. The maximum atomic E-state index is 11.0. The largest absolute Gasteiger partial charge is 0.507 e. The Bertz CT molecular complexity index is 872. The van der Waals surface area contributed by atoms with Crippen LogP contribution in [-0.4, -0.2) is 20.5 Å². The molecule has 1 aromatic heterocycles. The number of fused-ring (bicyclic) bond motifs is 1. The summed E-state index contributed by atoms with van der Waals surface area (Å²) in [7, 11) is 0. The Balaban J connectivity index is 2.14. The average Bonchev–Trinajstić information content (AvgIpc) is 2.93. The van der Waals surface area contributed by atoms with Gasteiger partial charge in [-0.25, -0.2) is 0 Å². The van der Waals surface area contributed by atoms with Crippen molar-refractivity contribution in [2.45, 2.75) is 46.5 Å². The van der Waals surface area contributed by atoms with Gasteiger partial charge in [0, 0.05) is 16.7 Å². The van der Waals surface area contributed by atoms with E-state index in [4.69, 9.17) is 0 Å². The molecule has 0 saturated heterocycles. The van der Waals surface area contributed by atoms with Crippen molar-refractivity contribution in [3.63, 3.8) is 0 Å². The molecule has 0 fully saturated rings. The Hall–Kier alpha value is -2.36. The lowest BCUT2D eigenvalue weighted by Crippen LogP contribution is -2.25. The highest BCUT2D eigenvalue weighted by molar-refractivity contribution is 5.93. The van der Waals surface area contributed by atoms with Gasteiger partial charge in [0.25, 0.3) is 0 Å². The van der Waals surface area contributed by atoms with E-state index in [1.54, 1.807) is 0 Å². The number of H-pyrrole nitrogens is 1. The van der Waals surface area contributed by atoms with E-state index in [1.165, 1.54) is 0 Å². The van der Waals surface area contributed by atoms with Gasteiger partial charge in [-0.2, -0.15) is 15.4 Å². The topological polar surface area (TPSA) is 61.8 Å². The van der Waals surface area contributed by atoms with Gasteiger partial charge in [0.05, 0.1) is 0 Å². The maximum absolute atomic E-state index is 11.0. The summed E-state index contributed by atoms with van der Waals surface area (Å²) in [5.41, 5.74) is 4.29. The van der Waals surface area contributed by atoms with Crippen LogP contribution in [0.3, 0.4) is 0 Å². The molecule has 24 heavy (non-hydrogen) atoms. The second kappa shape index (κ2) is 5.62. The molecule has 4 heteroatoms. The zero-order valence-electron chi connectivity index (χ0n) is 15.0. The van der Waals surface area contributed by atoms with Crippen molar-refractivity contribution < 1.29 is 5.11 Å². The molecule has 0 saturated carbocycles. The number of nitrogens with zero attached hydrogens (tertiary/aromatic N) is 2. The molecule has 0 spiro atoms. The number of nitrogens with one attached hydrogen (secondary N) is 1. The molecule has 0 aliphatic carbocycles. The molecule has 0 atom stereocenters. The third kappa shape index (κ3) is 3.01. The summed E-state index contributed by atoms with van der Waals surface area (Å²) < 4.78 is 0. The number of aromatic nitrogens is 3. The molecule has 0 bridgehead atoms. The van der Waals surface area contributed by atoms with E-state index >= 15 is 0 Å². The number of aromatic amines is 1. The molecule has 2 N–H and O–H groups in total. The molecule has 0 aliphatic heterocycles. The molecule has 126 valence electrons. The van der Waals surface area contributed by atoms with E-state index in [9.17, 15) is 5.11 Å². The van der Waals surface area contributed by atoms with Crippen LogP contribution in [-0.2, 0) is 5.41 Å². The highest BCUT2D eigenvalue weighted by Gasteiger charge is 2.30. The quantitative estimate of drug-likeness (QED) is 0.709. The molecule has 0 unspecified atom stereocenters. The average molecular weight is 323 g/mol. The first kappa shape index (κ1) is 16.5. The van der Waals surface area contributed by atoms with E-state index in [2.05, 4.69) is 50.0 Å². The van der Waals surface area contributed by atoms with Crippen LogP contribution in [0.2, 0.25) is 0 Å². The maximum Gasteiger partial charge on any atom is 0.127 e. The number of benzene rings is 2. The summed E-state index contributed by atoms with van der Waals surface area (Å²) in [6, 6.07) is 11.8. The number of hydrogen-bond donors (Lipinski definition) is 2. The fourth-order valence-electron chi connectivity index (χ4n) is 3.81. The van der Waals surface area contributed by atoms with Gasteiger partial charge in [-0.1, -0.05) is 65.0 Å². The zero-order chi connectivity index (χ0) is 17.5. The minimum Gasteiger partial charge on any atom is -0.507 e. The van der Waals surface area contributed by atoms with Gasteiger partial charge in [-0.3, -0.25) is 0 Å². The van der Waals surface area contributed by atoms with Crippen LogP contribution in [0, 0.1) is 5.41 Å². The number of rotatable bonds is 3. The minimum absolute atomic E-state index is 0.129. The van der Waals surface area contributed by atoms with Crippen molar-refractivity contribution in [1.82, 2.24) is 15.4 Å². The van der Waals surface area contributed by atoms with Crippen LogP contribution >= 0.6 is 0 Å². The Labute approximate surface area is 142 Å². The van der Waals surface area contributed by atoms with Crippen molar-refractivity contribution in [3.05, 3.63) is 42.0 Å². The number of hydrogen-bond acceptors (Lipinski definition) is 3. The summed E-state index contributed by atoms with van der Waals surface area (Å²) in [5, 5.41) is 22.1. The minimum atomic E-state index is -0.129. The molecule has 3 aromatic rings. The fourth-order valence-corrected chi connectivity index (χ4v) is 3.81. The monoisotopic (exact) mass is 323 g/mol. The first-order chi connectivity index (χ1) is 11.2. The van der Waals surface area contributed by atoms with Crippen LogP contribution in [0.4, 0.5) is 0 Å². The molecule has 2 aromatic carbocycles. The highest BCUT2D eigenvalue weighted by atomic mass is 16.3. The summed E-state index contributed by atoms with van der Waals surface area (Å²) in [6.45, 7) is 11.1. The summed E-state index contributed by atoms with van der Waals surface area (Å²) in [4.78, 5) is 0.